The Kier molecular flexibility index (Phi) is 7.05. The van der Waals surface area contributed by atoms with Gasteiger partial charge >= 0.3 is 12.0 Å². The molecule has 2 N–H and O–H groups in total. The SMILES string of the molecule is CCC(c1ccc(OCCC2CNC(=O)N2C)cc1)C(C)(Oc1ccccc1)C(=O)O. The summed E-state index contributed by atoms with van der Waals surface area (Å²) in [6.07, 6.45) is 1.33. The van der Waals surface area contributed by atoms with Crippen molar-refractivity contribution >= 4 is 12.0 Å². The molecule has 1 saturated heterocycles. The highest BCUT2D eigenvalue weighted by Gasteiger charge is 2.44. The molecule has 7 heteroatoms. The molecule has 31 heavy (non-hydrogen) atoms. The van der Waals surface area contributed by atoms with Crippen molar-refractivity contribution in [3.8, 4) is 11.5 Å². The lowest BCUT2D eigenvalue weighted by atomic mass is 9.81. The van der Waals surface area contributed by atoms with Crippen molar-refractivity contribution in [1.82, 2.24) is 10.2 Å². The van der Waals surface area contributed by atoms with Crippen LogP contribution in [-0.4, -0.2) is 53.8 Å². The minimum absolute atomic E-state index is 0.0563. The molecule has 166 valence electrons. The quantitative estimate of drug-likeness (QED) is 0.602. The average Bonchev–Trinajstić information content (AvgIpc) is 3.08. The first kappa shape index (κ1) is 22.5. The number of amides is 2. The van der Waals surface area contributed by atoms with Gasteiger partial charge in [0.15, 0.2) is 0 Å². The summed E-state index contributed by atoms with van der Waals surface area (Å²) >= 11 is 0. The third-order valence-corrected chi connectivity index (χ3v) is 5.93. The first-order chi connectivity index (χ1) is 14.8. The zero-order chi connectivity index (χ0) is 22.4. The van der Waals surface area contributed by atoms with E-state index in [1.165, 1.54) is 0 Å². The molecule has 1 fully saturated rings. The van der Waals surface area contributed by atoms with Crippen molar-refractivity contribution in [2.45, 2.75) is 44.2 Å². The fraction of sp³-hybridized carbons (Fsp3) is 0.417. The van der Waals surface area contributed by atoms with Gasteiger partial charge in [0, 0.05) is 25.9 Å². The molecule has 2 aromatic rings. The fourth-order valence-electron chi connectivity index (χ4n) is 3.98. The van der Waals surface area contributed by atoms with E-state index in [1.54, 1.807) is 31.0 Å². The highest BCUT2D eigenvalue weighted by molar-refractivity contribution is 5.79. The first-order valence-electron chi connectivity index (χ1n) is 10.6. The number of aliphatic carboxylic acids is 1. The number of carboxylic acid groups (broad SMARTS) is 1. The number of carbonyl (C=O) groups is 2. The zero-order valence-electron chi connectivity index (χ0n) is 18.2. The number of urea groups is 1. The summed E-state index contributed by atoms with van der Waals surface area (Å²) in [7, 11) is 1.78. The number of hydrogen-bond donors (Lipinski definition) is 2. The van der Waals surface area contributed by atoms with Crippen LogP contribution in [0.5, 0.6) is 11.5 Å². The Morgan fingerprint density at radius 1 is 1.19 bits per heavy atom. The standard InChI is InChI=1S/C24H30N2O5/c1-4-21(24(2,22(27)28)31-20-8-6-5-7-9-20)17-10-12-19(13-11-17)30-15-14-18-16-25-23(29)26(18)3/h5-13,18,21H,4,14-16H2,1-3H3,(H,25,29)(H,27,28). The van der Waals surface area contributed by atoms with Crippen LogP contribution in [0.15, 0.2) is 54.6 Å². The van der Waals surface area contributed by atoms with Crippen LogP contribution in [0, 0.1) is 0 Å². The molecule has 2 aromatic carbocycles. The molecule has 0 spiro atoms. The molecule has 3 unspecified atom stereocenters. The van der Waals surface area contributed by atoms with Crippen LogP contribution < -0.4 is 14.8 Å². The van der Waals surface area contributed by atoms with Gasteiger partial charge < -0.3 is 24.8 Å². The highest BCUT2D eigenvalue weighted by Crippen LogP contribution is 2.36. The van der Waals surface area contributed by atoms with E-state index >= 15 is 0 Å². The first-order valence-corrected chi connectivity index (χ1v) is 10.6. The van der Waals surface area contributed by atoms with Crippen LogP contribution in [0.4, 0.5) is 4.79 Å². The molecule has 1 heterocycles. The number of benzene rings is 2. The van der Waals surface area contributed by atoms with Crippen molar-refractivity contribution in [2.75, 3.05) is 20.2 Å². The van der Waals surface area contributed by atoms with Gasteiger partial charge in [-0.2, -0.15) is 0 Å². The van der Waals surface area contributed by atoms with E-state index in [1.807, 2.05) is 49.4 Å². The van der Waals surface area contributed by atoms with E-state index in [0.29, 0.717) is 31.1 Å². The van der Waals surface area contributed by atoms with Crippen molar-refractivity contribution < 1.29 is 24.2 Å². The largest absolute Gasteiger partial charge is 0.494 e. The van der Waals surface area contributed by atoms with E-state index in [-0.39, 0.29) is 18.0 Å². The van der Waals surface area contributed by atoms with E-state index in [9.17, 15) is 14.7 Å². The van der Waals surface area contributed by atoms with Gasteiger partial charge in [-0.25, -0.2) is 9.59 Å². The number of rotatable bonds is 10. The zero-order valence-corrected chi connectivity index (χ0v) is 18.2. The Labute approximate surface area is 183 Å². The van der Waals surface area contributed by atoms with Gasteiger partial charge in [-0.1, -0.05) is 37.3 Å². The summed E-state index contributed by atoms with van der Waals surface area (Å²) in [6, 6.07) is 16.6. The van der Waals surface area contributed by atoms with Gasteiger partial charge in [0.2, 0.25) is 5.60 Å². The van der Waals surface area contributed by atoms with Gasteiger partial charge in [0.25, 0.3) is 0 Å². The molecular formula is C24H30N2O5. The molecular weight excluding hydrogens is 396 g/mol. The molecule has 0 radical (unpaired) electrons. The minimum atomic E-state index is -1.41. The topological polar surface area (TPSA) is 88.1 Å². The Morgan fingerprint density at radius 3 is 2.42 bits per heavy atom. The van der Waals surface area contributed by atoms with E-state index in [0.717, 1.165) is 12.0 Å². The van der Waals surface area contributed by atoms with Gasteiger partial charge in [-0.05, 0) is 43.2 Å². The van der Waals surface area contributed by atoms with Crippen LogP contribution in [-0.2, 0) is 4.79 Å². The Hall–Kier alpha value is -3.22. The maximum Gasteiger partial charge on any atom is 0.348 e. The van der Waals surface area contributed by atoms with Gasteiger partial charge in [-0.15, -0.1) is 0 Å². The molecule has 7 nitrogen and oxygen atoms in total. The van der Waals surface area contributed by atoms with Gasteiger partial charge in [0.1, 0.15) is 11.5 Å². The summed E-state index contributed by atoms with van der Waals surface area (Å²) < 4.78 is 11.8. The van der Waals surface area contributed by atoms with Crippen LogP contribution in [0.1, 0.15) is 38.2 Å². The maximum atomic E-state index is 12.2. The summed E-state index contributed by atoms with van der Waals surface area (Å²) in [5, 5.41) is 12.8. The van der Waals surface area contributed by atoms with E-state index in [2.05, 4.69) is 5.32 Å². The third-order valence-electron chi connectivity index (χ3n) is 5.93. The second kappa shape index (κ2) is 9.73. The van der Waals surface area contributed by atoms with Crippen molar-refractivity contribution in [2.24, 2.45) is 0 Å². The molecule has 3 atom stereocenters. The lowest BCUT2D eigenvalue weighted by molar-refractivity contribution is -0.156. The number of likely N-dealkylation sites (N-methyl/N-ethyl adjacent to an activating group) is 1. The number of carbonyl (C=O) groups excluding carboxylic acids is 1. The molecule has 3 rings (SSSR count). The summed E-state index contributed by atoms with van der Waals surface area (Å²) in [5.74, 6) is -0.119. The average molecular weight is 427 g/mol. The van der Waals surface area contributed by atoms with Crippen LogP contribution in [0.3, 0.4) is 0 Å². The Balaban J connectivity index is 1.66. The molecule has 0 aliphatic carbocycles. The predicted molar refractivity (Wildman–Crippen MR) is 118 cm³/mol. The monoisotopic (exact) mass is 426 g/mol. The Morgan fingerprint density at radius 2 is 1.87 bits per heavy atom. The lowest BCUT2D eigenvalue weighted by Crippen LogP contribution is -2.47. The van der Waals surface area contributed by atoms with Gasteiger partial charge in [0.05, 0.1) is 12.6 Å². The van der Waals surface area contributed by atoms with E-state index in [4.69, 9.17) is 9.47 Å². The summed E-state index contributed by atoms with van der Waals surface area (Å²) in [6.45, 7) is 4.70. The van der Waals surface area contributed by atoms with Crippen molar-refractivity contribution in [3.05, 3.63) is 60.2 Å². The predicted octanol–water partition coefficient (Wildman–Crippen LogP) is 3.90. The third kappa shape index (κ3) is 5.10. The highest BCUT2D eigenvalue weighted by atomic mass is 16.5. The molecule has 0 bridgehead atoms. The molecule has 0 saturated carbocycles. The normalized spacial score (nSPS) is 18.7. The lowest BCUT2D eigenvalue weighted by Gasteiger charge is -2.34. The molecule has 2 amide bonds. The number of para-hydroxylation sites is 1. The van der Waals surface area contributed by atoms with Crippen LogP contribution in [0.25, 0.3) is 0 Å². The van der Waals surface area contributed by atoms with Gasteiger partial charge in [-0.3, -0.25) is 0 Å². The fourth-order valence-corrected chi connectivity index (χ4v) is 3.98. The smallest absolute Gasteiger partial charge is 0.348 e. The Bertz CT molecular complexity index is 887. The molecule has 1 aliphatic rings. The minimum Gasteiger partial charge on any atom is -0.494 e. The van der Waals surface area contributed by atoms with Crippen molar-refractivity contribution in [1.29, 1.82) is 0 Å². The number of nitrogens with one attached hydrogen (secondary N) is 1. The summed E-state index contributed by atoms with van der Waals surface area (Å²) in [4.78, 5) is 25.4. The second-order valence-corrected chi connectivity index (χ2v) is 7.95. The number of hydrogen-bond acceptors (Lipinski definition) is 4. The summed E-state index contributed by atoms with van der Waals surface area (Å²) in [5.41, 5.74) is -0.536. The number of nitrogens with zero attached hydrogens (tertiary/aromatic N) is 1. The van der Waals surface area contributed by atoms with Crippen LogP contribution >= 0.6 is 0 Å². The van der Waals surface area contributed by atoms with Crippen LogP contribution in [0.2, 0.25) is 0 Å². The van der Waals surface area contributed by atoms with E-state index < -0.39 is 11.6 Å². The second-order valence-electron chi connectivity index (χ2n) is 7.95. The molecule has 1 aliphatic heterocycles. The maximum absolute atomic E-state index is 12.2. The number of ether oxygens (including phenoxy) is 2. The molecule has 0 aromatic heterocycles. The van der Waals surface area contributed by atoms with Crippen molar-refractivity contribution in [3.63, 3.8) is 0 Å². The number of carboxylic acids is 1.